The first-order chi connectivity index (χ1) is 16.1. The zero-order valence-electron chi connectivity index (χ0n) is 19.4. The van der Waals surface area contributed by atoms with E-state index in [1.165, 1.54) is 18.2 Å². The minimum Gasteiger partial charge on any atom is -0.396 e. The Morgan fingerprint density at radius 1 is 1.26 bits per heavy atom. The number of likely N-dealkylation sites (tertiary alicyclic amines) is 1. The lowest BCUT2D eigenvalue weighted by Crippen LogP contribution is -2.28. The molecule has 0 spiro atoms. The molecule has 1 fully saturated rings. The Hall–Kier alpha value is -3.33. The van der Waals surface area contributed by atoms with E-state index in [2.05, 4.69) is 10.3 Å². The summed E-state index contributed by atoms with van der Waals surface area (Å²) < 4.78 is 27.9. The number of aliphatic hydroxyl groups excluding tert-OH is 1. The van der Waals surface area contributed by atoms with Gasteiger partial charge in [0.05, 0.1) is 16.4 Å². The fourth-order valence-corrected chi connectivity index (χ4v) is 4.65. The highest BCUT2D eigenvalue weighted by Gasteiger charge is 2.46. The number of alkyl halides is 2. The molecule has 2 heterocycles. The summed E-state index contributed by atoms with van der Waals surface area (Å²) in [6, 6.07) is 11.1. The van der Waals surface area contributed by atoms with Crippen LogP contribution in [0.2, 0.25) is 0 Å². The van der Waals surface area contributed by atoms with Gasteiger partial charge in [-0.2, -0.15) is 0 Å². The van der Waals surface area contributed by atoms with E-state index < -0.39 is 17.7 Å². The van der Waals surface area contributed by atoms with Crippen LogP contribution < -0.4 is 5.32 Å². The first-order valence-electron chi connectivity index (χ1n) is 11.2. The van der Waals surface area contributed by atoms with E-state index in [1.54, 1.807) is 16.5 Å². The molecule has 9 heteroatoms. The molecule has 4 rings (SSSR count). The van der Waals surface area contributed by atoms with Gasteiger partial charge in [-0.1, -0.05) is 32.0 Å². The molecule has 180 valence electrons. The standard InChI is InChI=1S/C25H28F2N4O3/c1-25(2)18(14-30(3)23(25)34)15-8-9-20-19(13-15)28-24(31(20)10-5-11-32)29-22(33)17-7-4-6-16(12-17)21(26)27/h4,6-9,12-13,18,21,32H,5,10-11,14H2,1-3H3,(H,28,29,33)/t18-/m1/s1. The topological polar surface area (TPSA) is 87.5 Å². The van der Waals surface area contributed by atoms with E-state index in [0.29, 0.717) is 25.0 Å². The fraction of sp³-hybridized carbons (Fsp3) is 0.400. The van der Waals surface area contributed by atoms with Crippen molar-refractivity contribution in [2.24, 2.45) is 5.41 Å². The smallest absolute Gasteiger partial charge is 0.263 e. The van der Waals surface area contributed by atoms with Gasteiger partial charge < -0.3 is 14.6 Å². The van der Waals surface area contributed by atoms with Gasteiger partial charge in [0.25, 0.3) is 12.3 Å². The van der Waals surface area contributed by atoms with E-state index in [1.807, 2.05) is 32.0 Å². The Kier molecular flexibility index (Phi) is 6.40. The van der Waals surface area contributed by atoms with Crippen LogP contribution in [0.15, 0.2) is 42.5 Å². The van der Waals surface area contributed by atoms with Gasteiger partial charge in [-0.3, -0.25) is 14.9 Å². The molecular formula is C25H28F2N4O3. The molecule has 0 bridgehead atoms. The molecule has 34 heavy (non-hydrogen) atoms. The summed E-state index contributed by atoms with van der Waals surface area (Å²) >= 11 is 0. The maximum absolute atomic E-state index is 13.1. The maximum Gasteiger partial charge on any atom is 0.263 e. The number of aliphatic hydroxyl groups is 1. The van der Waals surface area contributed by atoms with Crippen molar-refractivity contribution < 1.29 is 23.5 Å². The number of aromatic nitrogens is 2. The molecule has 2 N–H and O–H groups in total. The van der Waals surface area contributed by atoms with Gasteiger partial charge in [0, 0.05) is 43.8 Å². The zero-order chi connectivity index (χ0) is 24.6. The first-order valence-corrected chi connectivity index (χ1v) is 11.2. The molecule has 1 atom stereocenters. The average molecular weight is 471 g/mol. The van der Waals surface area contributed by atoms with Crippen molar-refractivity contribution in [3.8, 4) is 0 Å². The normalized spacial score (nSPS) is 17.7. The molecule has 1 aromatic heterocycles. The van der Waals surface area contributed by atoms with Crippen LogP contribution in [0.1, 0.15) is 54.1 Å². The molecule has 1 aliphatic heterocycles. The van der Waals surface area contributed by atoms with Crippen LogP contribution in [-0.4, -0.2) is 51.6 Å². The number of benzene rings is 2. The van der Waals surface area contributed by atoms with E-state index in [4.69, 9.17) is 0 Å². The molecule has 2 amide bonds. The Morgan fingerprint density at radius 3 is 2.68 bits per heavy atom. The van der Waals surface area contributed by atoms with Gasteiger partial charge in [0.1, 0.15) is 0 Å². The van der Waals surface area contributed by atoms with E-state index in [-0.39, 0.29) is 35.5 Å². The minimum absolute atomic E-state index is 0.00730. The summed E-state index contributed by atoms with van der Waals surface area (Å²) in [5.74, 6) is -0.198. The number of likely N-dealkylation sites (N-methyl/N-ethyl adjacent to an activating group) is 1. The van der Waals surface area contributed by atoms with Crippen LogP contribution in [0.3, 0.4) is 0 Å². The molecule has 2 aromatic carbocycles. The predicted octanol–water partition coefficient (Wildman–Crippen LogP) is 4.19. The van der Waals surface area contributed by atoms with Crippen LogP contribution in [0.4, 0.5) is 14.7 Å². The molecule has 7 nitrogen and oxygen atoms in total. The number of amides is 2. The Balaban J connectivity index is 1.69. The van der Waals surface area contributed by atoms with Crippen molar-refractivity contribution in [2.45, 2.75) is 39.2 Å². The van der Waals surface area contributed by atoms with E-state index in [0.717, 1.165) is 17.1 Å². The molecule has 0 unspecified atom stereocenters. The second-order valence-electron chi connectivity index (χ2n) is 9.25. The molecular weight excluding hydrogens is 442 g/mol. The number of hydrogen-bond acceptors (Lipinski definition) is 4. The van der Waals surface area contributed by atoms with Gasteiger partial charge in [-0.05, 0) is 36.2 Å². The second kappa shape index (κ2) is 9.13. The Bertz CT molecular complexity index is 1240. The van der Waals surface area contributed by atoms with Crippen molar-refractivity contribution in [3.63, 3.8) is 0 Å². The van der Waals surface area contributed by atoms with Crippen molar-refractivity contribution in [3.05, 3.63) is 59.2 Å². The van der Waals surface area contributed by atoms with Crippen molar-refractivity contribution in [1.82, 2.24) is 14.5 Å². The third-order valence-corrected chi connectivity index (χ3v) is 6.57. The number of imidazole rings is 1. The number of nitrogens with one attached hydrogen (secondary N) is 1. The van der Waals surface area contributed by atoms with Crippen molar-refractivity contribution in [1.29, 1.82) is 0 Å². The number of carbonyl (C=O) groups excluding carboxylic acids is 2. The zero-order valence-corrected chi connectivity index (χ0v) is 19.4. The van der Waals surface area contributed by atoms with Gasteiger partial charge >= 0.3 is 0 Å². The van der Waals surface area contributed by atoms with Crippen LogP contribution in [0.5, 0.6) is 0 Å². The SMILES string of the molecule is CN1C[C@H](c2ccc3c(c2)nc(NC(=O)c2cccc(C(F)F)c2)n3CCCO)C(C)(C)C1=O. The van der Waals surface area contributed by atoms with Gasteiger partial charge in [-0.15, -0.1) is 0 Å². The number of aryl methyl sites for hydroxylation is 1. The number of fused-ring (bicyclic) bond motifs is 1. The van der Waals surface area contributed by atoms with Crippen LogP contribution in [0, 0.1) is 5.41 Å². The fourth-order valence-electron chi connectivity index (χ4n) is 4.65. The van der Waals surface area contributed by atoms with Gasteiger partial charge in [0.15, 0.2) is 0 Å². The Morgan fingerprint density at radius 2 is 2.03 bits per heavy atom. The monoisotopic (exact) mass is 470 g/mol. The lowest BCUT2D eigenvalue weighted by atomic mass is 9.77. The number of hydrogen-bond donors (Lipinski definition) is 2. The highest BCUT2D eigenvalue weighted by atomic mass is 19.3. The molecule has 0 aliphatic carbocycles. The largest absolute Gasteiger partial charge is 0.396 e. The summed E-state index contributed by atoms with van der Waals surface area (Å²) in [4.78, 5) is 31.7. The van der Waals surface area contributed by atoms with Crippen molar-refractivity contribution in [2.75, 3.05) is 25.5 Å². The summed E-state index contributed by atoms with van der Waals surface area (Å²) in [7, 11) is 1.79. The predicted molar refractivity (Wildman–Crippen MR) is 125 cm³/mol. The van der Waals surface area contributed by atoms with E-state index >= 15 is 0 Å². The quantitative estimate of drug-likeness (QED) is 0.542. The summed E-state index contributed by atoms with van der Waals surface area (Å²) in [6.45, 7) is 4.85. The summed E-state index contributed by atoms with van der Waals surface area (Å²) in [5, 5.41) is 12.1. The number of carbonyl (C=O) groups is 2. The number of anilines is 1. The summed E-state index contributed by atoms with van der Waals surface area (Å²) in [5.41, 5.74) is 1.71. The van der Waals surface area contributed by atoms with Crippen LogP contribution >= 0.6 is 0 Å². The highest BCUT2D eigenvalue weighted by molar-refractivity contribution is 6.04. The van der Waals surface area contributed by atoms with Gasteiger partial charge in [0.2, 0.25) is 11.9 Å². The van der Waals surface area contributed by atoms with Crippen LogP contribution in [-0.2, 0) is 11.3 Å². The number of nitrogens with zero attached hydrogens (tertiary/aromatic N) is 3. The maximum atomic E-state index is 13.1. The number of halogens is 2. The minimum atomic E-state index is -2.67. The molecule has 3 aromatic rings. The lowest BCUT2D eigenvalue weighted by molar-refractivity contribution is -0.133. The van der Waals surface area contributed by atoms with Crippen LogP contribution in [0.25, 0.3) is 11.0 Å². The molecule has 1 saturated heterocycles. The highest BCUT2D eigenvalue weighted by Crippen LogP contribution is 2.43. The summed E-state index contributed by atoms with van der Waals surface area (Å²) in [6.07, 6.45) is -2.22. The Labute approximate surface area is 196 Å². The first kappa shape index (κ1) is 23.8. The molecule has 1 aliphatic rings. The molecule has 0 saturated carbocycles. The average Bonchev–Trinajstić information content (AvgIpc) is 3.25. The second-order valence-corrected chi connectivity index (χ2v) is 9.25. The van der Waals surface area contributed by atoms with Crippen molar-refractivity contribution >= 4 is 28.8 Å². The molecule has 0 radical (unpaired) electrons. The number of rotatable bonds is 7. The van der Waals surface area contributed by atoms with Gasteiger partial charge in [-0.25, -0.2) is 13.8 Å². The third-order valence-electron chi connectivity index (χ3n) is 6.57. The van der Waals surface area contributed by atoms with E-state index in [9.17, 15) is 23.5 Å². The lowest BCUT2D eigenvalue weighted by Gasteiger charge is -2.23. The third kappa shape index (κ3) is 4.27.